The van der Waals surface area contributed by atoms with Gasteiger partial charge in [0.25, 0.3) is 0 Å². The number of carbonyl (C=O) groups excluding carboxylic acids is 1. The molecule has 3 aromatic heterocycles. The fourth-order valence-corrected chi connectivity index (χ4v) is 4.08. The van der Waals surface area contributed by atoms with E-state index in [1.165, 1.54) is 11.8 Å². The van der Waals surface area contributed by atoms with E-state index in [-0.39, 0.29) is 5.91 Å². The van der Waals surface area contributed by atoms with Crippen molar-refractivity contribution in [2.75, 3.05) is 18.8 Å². The summed E-state index contributed by atoms with van der Waals surface area (Å²) in [6, 6.07) is 7.89. The fourth-order valence-electron chi connectivity index (χ4n) is 2.60. The van der Waals surface area contributed by atoms with Crippen LogP contribution in [0.1, 0.15) is 12.8 Å². The smallest absolute Gasteiger partial charge is 0.233 e. The third kappa shape index (κ3) is 2.96. The Hall–Kier alpha value is -1.93. The molecule has 0 saturated carbocycles. The molecular weight excluding hydrogens is 330 g/mol. The molecular formula is C15H15N5OS2. The molecule has 0 spiro atoms. The van der Waals surface area contributed by atoms with Crippen LogP contribution in [0, 0.1) is 0 Å². The van der Waals surface area contributed by atoms with E-state index in [0.29, 0.717) is 16.6 Å². The monoisotopic (exact) mass is 345 g/mol. The van der Waals surface area contributed by atoms with Gasteiger partial charge in [-0.25, -0.2) is 0 Å². The summed E-state index contributed by atoms with van der Waals surface area (Å²) in [5, 5.41) is 15.6. The van der Waals surface area contributed by atoms with Crippen LogP contribution in [0.2, 0.25) is 0 Å². The Labute approximate surface area is 141 Å². The molecule has 1 fully saturated rings. The SMILES string of the molecule is O=C(CSc1nnc2ccc(-c3cccs3)nn12)N1CCCC1. The van der Waals surface area contributed by atoms with Gasteiger partial charge in [0.15, 0.2) is 5.65 Å². The average Bonchev–Trinajstić information content (AvgIpc) is 3.33. The molecule has 0 unspecified atom stereocenters. The van der Waals surface area contributed by atoms with Crippen molar-refractivity contribution in [3.63, 3.8) is 0 Å². The molecule has 0 atom stereocenters. The zero-order valence-corrected chi connectivity index (χ0v) is 14.0. The van der Waals surface area contributed by atoms with Gasteiger partial charge in [-0.3, -0.25) is 4.79 Å². The van der Waals surface area contributed by atoms with Crippen LogP contribution in [0.15, 0.2) is 34.8 Å². The summed E-state index contributed by atoms with van der Waals surface area (Å²) in [4.78, 5) is 15.2. The highest BCUT2D eigenvalue weighted by atomic mass is 32.2. The number of likely N-dealkylation sites (tertiary alicyclic amines) is 1. The van der Waals surface area contributed by atoms with Gasteiger partial charge in [-0.2, -0.15) is 9.61 Å². The number of hydrogen-bond donors (Lipinski definition) is 0. The van der Waals surface area contributed by atoms with Gasteiger partial charge in [0, 0.05) is 13.1 Å². The normalized spacial score (nSPS) is 14.7. The van der Waals surface area contributed by atoms with E-state index in [2.05, 4.69) is 15.3 Å². The minimum absolute atomic E-state index is 0.165. The number of rotatable bonds is 4. The van der Waals surface area contributed by atoms with Crippen LogP contribution in [0.4, 0.5) is 0 Å². The van der Waals surface area contributed by atoms with Crippen molar-refractivity contribution in [2.24, 2.45) is 0 Å². The molecule has 4 heterocycles. The Morgan fingerprint density at radius 2 is 2.09 bits per heavy atom. The molecule has 1 amide bonds. The maximum atomic E-state index is 12.2. The van der Waals surface area contributed by atoms with Gasteiger partial charge in [0.05, 0.1) is 10.6 Å². The van der Waals surface area contributed by atoms with Crippen LogP contribution in [-0.4, -0.2) is 49.5 Å². The predicted octanol–water partition coefficient (Wildman–Crippen LogP) is 2.57. The molecule has 6 nitrogen and oxygen atoms in total. The van der Waals surface area contributed by atoms with Crippen LogP contribution >= 0.6 is 23.1 Å². The zero-order chi connectivity index (χ0) is 15.6. The van der Waals surface area contributed by atoms with Crippen LogP contribution in [-0.2, 0) is 4.79 Å². The van der Waals surface area contributed by atoms with E-state index in [1.807, 2.05) is 34.5 Å². The second-order valence-corrected chi connectivity index (χ2v) is 7.22. The van der Waals surface area contributed by atoms with Crippen LogP contribution in [0.25, 0.3) is 16.2 Å². The summed E-state index contributed by atoms with van der Waals surface area (Å²) < 4.78 is 1.72. The van der Waals surface area contributed by atoms with E-state index >= 15 is 0 Å². The van der Waals surface area contributed by atoms with E-state index < -0.39 is 0 Å². The number of nitrogens with zero attached hydrogens (tertiary/aromatic N) is 5. The van der Waals surface area contributed by atoms with Crippen molar-refractivity contribution in [2.45, 2.75) is 18.0 Å². The highest BCUT2D eigenvalue weighted by Gasteiger charge is 2.19. The molecule has 0 N–H and O–H groups in total. The molecule has 0 bridgehead atoms. The standard InChI is InChI=1S/C15H15N5OS2/c21-14(19-7-1-2-8-19)10-23-15-17-16-13-6-5-11(18-20(13)15)12-4-3-9-22-12/h3-6,9H,1-2,7-8,10H2. The van der Waals surface area contributed by atoms with Crippen molar-refractivity contribution in [3.8, 4) is 10.6 Å². The van der Waals surface area contributed by atoms with Gasteiger partial charge in [-0.1, -0.05) is 17.8 Å². The highest BCUT2D eigenvalue weighted by molar-refractivity contribution is 7.99. The summed E-state index contributed by atoms with van der Waals surface area (Å²) in [6.45, 7) is 1.75. The first-order valence-corrected chi connectivity index (χ1v) is 9.35. The first-order valence-electron chi connectivity index (χ1n) is 7.48. The molecule has 4 rings (SSSR count). The summed E-state index contributed by atoms with van der Waals surface area (Å²) in [7, 11) is 0. The number of fused-ring (bicyclic) bond motifs is 1. The molecule has 1 saturated heterocycles. The van der Waals surface area contributed by atoms with Gasteiger partial charge in [-0.05, 0) is 36.4 Å². The first-order chi connectivity index (χ1) is 11.3. The van der Waals surface area contributed by atoms with Crippen molar-refractivity contribution < 1.29 is 4.79 Å². The molecule has 0 aromatic carbocycles. The van der Waals surface area contributed by atoms with Crippen molar-refractivity contribution >= 4 is 34.7 Å². The molecule has 3 aromatic rings. The summed E-state index contributed by atoms with van der Waals surface area (Å²) in [5.74, 6) is 0.546. The summed E-state index contributed by atoms with van der Waals surface area (Å²) in [5.41, 5.74) is 1.58. The Bertz CT molecular complexity index is 824. The quantitative estimate of drug-likeness (QED) is 0.680. The highest BCUT2D eigenvalue weighted by Crippen LogP contribution is 2.24. The van der Waals surface area contributed by atoms with Crippen molar-refractivity contribution in [3.05, 3.63) is 29.6 Å². The maximum Gasteiger partial charge on any atom is 0.233 e. The lowest BCUT2D eigenvalue weighted by Gasteiger charge is -2.13. The van der Waals surface area contributed by atoms with Gasteiger partial charge >= 0.3 is 0 Å². The number of amides is 1. The first kappa shape index (κ1) is 14.6. The second kappa shape index (κ2) is 6.29. The van der Waals surface area contributed by atoms with Crippen LogP contribution in [0.5, 0.6) is 0 Å². The number of thiophene rings is 1. The Kier molecular flexibility index (Phi) is 4.00. The van der Waals surface area contributed by atoms with Gasteiger partial charge in [-0.15, -0.1) is 21.5 Å². The van der Waals surface area contributed by atoms with Crippen LogP contribution in [0.3, 0.4) is 0 Å². The number of aromatic nitrogens is 4. The fraction of sp³-hybridized carbons (Fsp3) is 0.333. The Balaban J connectivity index is 1.55. The molecule has 1 aliphatic heterocycles. The molecule has 0 aliphatic carbocycles. The molecule has 8 heteroatoms. The van der Waals surface area contributed by atoms with Crippen LogP contribution < -0.4 is 0 Å². The summed E-state index contributed by atoms with van der Waals surface area (Å²) >= 11 is 3.04. The minimum Gasteiger partial charge on any atom is -0.342 e. The third-order valence-electron chi connectivity index (χ3n) is 3.79. The molecule has 0 radical (unpaired) electrons. The minimum atomic E-state index is 0.165. The second-order valence-electron chi connectivity index (χ2n) is 5.33. The average molecular weight is 345 g/mol. The maximum absolute atomic E-state index is 12.2. The van der Waals surface area contributed by atoms with Gasteiger partial charge in [0.2, 0.25) is 11.1 Å². The predicted molar refractivity (Wildman–Crippen MR) is 90.6 cm³/mol. The largest absolute Gasteiger partial charge is 0.342 e. The van der Waals surface area contributed by atoms with Crippen molar-refractivity contribution in [1.82, 2.24) is 24.7 Å². The van der Waals surface area contributed by atoms with Gasteiger partial charge in [0.1, 0.15) is 5.69 Å². The summed E-state index contributed by atoms with van der Waals surface area (Å²) in [6.07, 6.45) is 2.21. The van der Waals surface area contributed by atoms with E-state index in [1.54, 1.807) is 15.9 Å². The lowest BCUT2D eigenvalue weighted by atomic mass is 10.3. The lowest BCUT2D eigenvalue weighted by Crippen LogP contribution is -2.29. The Morgan fingerprint density at radius 3 is 2.87 bits per heavy atom. The van der Waals surface area contributed by atoms with E-state index in [0.717, 1.165) is 36.5 Å². The lowest BCUT2D eigenvalue weighted by molar-refractivity contribution is -0.127. The topological polar surface area (TPSA) is 63.4 Å². The number of carbonyl (C=O) groups is 1. The number of thioether (sulfide) groups is 1. The molecule has 23 heavy (non-hydrogen) atoms. The van der Waals surface area contributed by atoms with E-state index in [9.17, 15) is 4.79 Å². The zero-order valence-electron chi connectivity index (χ0n) is 12.4. The molecule has 118 valence electrons. The van der Waals surface area contributed by atoms with Crippen molar-refractivity contribution in [1.29, 1.82) is 0 Å². The Morgan fingerprint density at radius 1 is 1.22 bits per heavy atom. The van der Waals surface area contributed by atoms with E-state index in [4.69, 9.17) is 0 Å². The van der Waals surface area contributed by atoms with Gasteiger partial charge < -0.3 is 4.90 Å². The molecule has 1 aliphatic rings. The number of hydrogen-bond acceptors (Lipinski definition) is 6. The third-order valence-corrected chi connectivity index (χ3v) is 5.59.